The number of carbonyl (C=O) groups is 1. The first-order valence-corrected chi connectivity index (χ1v) is 6.99. The molecule has 2 heterocycles. The van der Waals surface area contributed by atoms with Gasteiger partial charge in [0.2, 0.25) is 0 Å². The first-order valence-electron chi connectivity index (χ1n) is 5.79. The van der Waals surface area contributed by atoms with Crippen LogP contribution < -0.4 is 0 Å². The third kappa shape index (κ3) is 2.57. The molecule has 0 aromatic carbocycles. The Morgan fingerprint density at radius 1 is 1.58 bits per heavy atom. The van der Waals surface area contributed by atoms with Crippen LogP contribution in [0.4, 0.5) is 0 Å². The van der Waals surface area contributed by atoms with Crippen LogP contribution in [0.15, 0.2) is 16.7 Å². The quantitative estimate of drug-likeness (QED) is 0.686. The van der Waals surface area contributed by atoms with Crippen molar-refractivity contribution in [1.29, 1.82) is 0 Å². The number of hydrogen-bond donors (Lipinski definition) is 1. The van der Waals surface area contributed by atoms with Crippen molar-refractivity contribution in [2.75, 3.05) is 7.11 Å². The van der Waals surface area contributed by atoms with E-state index in [9.17, 15) is 4.79 Å². The summed E-state index contributed by atoms with van der Waals surface area (Å²) in [6.45, 7) is 3.89. The number of rotatable bonds is 3. The first-order chi connectivity index (χ1) is 8.95. The maximum Gasteiger partial charge on any atom is 0.329 e. The number of carbonyl (C=O) groups excluding carboxylic acids is 1. The van der Waals surface area contributed by atoms with Crippen LogP contribution in [0.5, 0.6) is 0 Å². The van der Waals surface area contributed by atoms with Crippen molar-refractivity contribution in [3.05, 3.63) is 21.5 Å². The molecular weight excluding hydrogens is 330 g/mol. The SMILES string of the molecule is COC(=O)C(C(C)C)n1c(=S)[nH]c2cc(Br)cnc21. The van der Waals surface area contributed by atoms with Crippen molar-refractivity contribution in [3.8, 4) is 0 Å². The summed E-state index contributed by atoms with van der Waals surface area (Å²) in [5.74, 6) is -0.277. The number of esters is 1. The standard InChI is InChI=1S/C12H14BrN3O2S/c1-6(2)9(11(17)18-3)16-10-8(15-12(16)19)4-7(13)5-14-10/h4-6,9H,1-3H3,(H,15,19). The highest BCUT2D eigenvalue weighted by Gasteiger charge is 2.27. The average molecular weight is 344 g/mol. The largest absolute Gasteiger partial charge is 0.467 e. The van der Waals surface area contributed by atoms with Crippen LogP contribution in [0, 0.1) is 10.7 Å². The molecule has 0 spiro atoms. The van der Waals surface area contributed by atoms with Crippen molar-refractivity contribution in [2.24, 2.45) is 5.92 Å². The second-order valence-electron chi connectivity index (χ2n) is 4.54. The highest BCUT2D eigenvalue weighted by atomic mass is 79.9. The Kier molecular flexibility index (Phi) is 4.05. The molecule has 5 nitrogen and oxygen atoms in total. The summed E-state index contributed by atoms with van der Waals surface area (Å²) in [6.07, 6.45) is 1.68. The lowest BCUT2D eigenvalue weighted by Gasteiger charge is -2.20. The molecule has 0 radical (unpaired) electrons. The molecule has 1 N–H and O–H groups in total. The number of H-pyrrole nitrogens is 1. The van der Waals surface area contributed by atoms with Crippen molar-refractivity contribution in [2.45, 2.75) is 19.9 Å². The lowest BCUT2D eigenvalue weighted by atomic mass is 10.0. The Labute approximate surface area is 124 Å². The second kappa shape index (κ2) is 5.42. The number of nitrogens with one attached hydrogen (secondary N) is 1. The van der Waals surface area contributed by atoms with Gasteiger partial charge in [0.15, 0.2) is 10.4 Å². The zero-order chi connectivity index (χ0) is 14.2. The summed E-state index contributed by atoms with van der Waals surface area (Å²) in [5, 5.41) is 0. The van der Waals surface area contributed by atoms with Crippen LogP contribution in [-0.2, 0) is 9.53 Å². The van der Waals surface area contributed by atoms with Crippen molar-refractivity contribution in [3.63, 3.8) is 0 Å². The Hall–Kier alpha value is -1.21. The third-order valence-electron chi connectivity index (χ3n) is 2.87. The van der Waals surface area contributed by atoms with E-state index in [1.165, 1.54) is 7.11 Å². The van der Waals surface area contributed by atoms with Crippen LogP contribution >= 0.6 is 28.1 Å². The Morgan fingerprint density at radius 3 is 2.84 bits per heavy atom. The van der Waals surface area contributed by atoms with Gasteiger partial charge in [-0.1, -0.05) is 13.8 Å². The molecule has 1 unspecified atom stereocenters. The van der Waals surface area contributed by atoms with E-state index in [0.29, 0.717) is 10.4 Å². The topological polar surface area (TPSA) is 59.9 Å². The summed E-state index contributed by atoms with van der Waals surface area (Å²) in [4.78, 5) is 19.4. The molecule has 1 atom stereocenters. The number of fused-ring (bicyclic) bond motifs is 1. The fourth-order valence-corrected chi connectivity index (χ4v) is 2.68. The van der Waals surface area contributed by atoms with E-state index in [2.05, 4.69) is 25.9 Å². The van der Waals surface area contributed by atoms with E-state index < -0.39 is 6.04 Å². The molecule has 7 heteroatoms. The normalized spacial score (nSPS) is 12.9. The van der Waals surface area contributed by atoms with Gasteiger partial charge in [-0.2, -0.15) is 0 Å². The summed E-state index contributed by atoms with van der Waals surface area (Å²) in [6, 6.07) is 1.39. The predicted molar refractivity (Wildman–Crippen MR) is 78.5 cm³/mol. The third-order valence-corrected chi connectivity index (χ3v) is 3.61. The van der Waals surface area contributed by atoms with Gasteiger partial charge in [0.05, 0.1) is 12.6 Å². The van der Waals surface area contributed by atoms with Crippen LogP contribution in [0.1, 0.15) is 19.9 Å². The molecule has 0 saturated heterocycles. The lowest BCUT2D eigenvalue weighted by molar-refractivity contribution is -0.145. The van der Waals surface area contributed by atoms with Gasteiger partial charge in [0.25, 0.3) is 0 Å². The number of pyridine rings is 1. The van der Waals surface area contributed by atoms with E-state index in [4.69, 9.17) is 17.0 Å². The average Bonchev–Trinajstić information content (AvgIpc) is 2.65. The molecule has 2 rings (SSSR count). The fraction of sp³-hybridized carbons (Fsp3) is 0.417. The minimum atomic E-state index is -0.486. The number of nitrogens with zero attached hydrogens (tertiary/aromatic N) is 2. The number of imidazole rings is 1. The van der Waals surface area contributed by atoms with Crippen LogP contribution in [0.2, 0.25) is 0 Å². The van der Waals surface area contributed by atoms with E-state index in [-0.39, 0.29) is 11.9 Å². The maximum atomic E-state index is 12.0. The molecule has 0 bridgehead atoms. The summed E-state index contributed by atoms with van der Waals surface area (Å²) < 4.78 is 7.90. The molecular formula is C12H14BrN3O2S. The van der Waals surface area contributed by atoms with Crippen LogP contribution in [0.3, 0.4) is 0 Å². The van der Waals surface area contributed by atoms with Crippen molar-refractivity contribution in [1.82, 2.24) is 14.5 Å². The molecule has 102 valence electrons. The molecule has 0 aliphatic carbocycles. The van der Waals surface area contributed by atoms with Gasteiger partial charge in [-0.3, -0.25) is 4.57 Å². The monoisotopic (exact) mass is 343 g/mol. The molecule has 0 amide bonds. The lowest BCUT2D eigenvalue weighted by Crippen LogP contribution is -2.26. The molecule has 19 heavy (non-hydrogen) atoms. The zero-order valence-electron chi connectivity index (χ0n) is 10.8. The van der Waals surface area contributed by atoms with E-state index >= 15 is 0 Å². The number of methoxy groups -OCH3 is 1. The molecule has 0 aliphatic heterocycles. The zero-order valence-corrected chi connectivity index (χ0v) is 13.2. The summed E-state index contributed by atoms with van der Waals surface area (Å²) >= 11 is 8.66. The number of hydrogen-bond acceptors (Lipinski definition) is 4. The second-order valence-corrected chi connectivity index (χ2v) is 5.84. The predicted octanol–water partition coefficient (Wildman–Crippen LogP) is 3.23. The van der Waals surface area contributed by atoms with Crippen LogP contribution in [-0.4, -0.2) is 27.6 Å². The van der Waals surface area contributed by atoms with E-state index in [1.807, 2.05) is 19.9 Å². The molecule has 0 saturated carbocycles. The Morgan fingerprint density at radius 2 is 2.26 bits per heavy atom. The van der Waals surface area contributed by atoms with Crippen LogP contribution in [0.25, 0.3) is 11.2 Å². The van der Waals surface area contributed by atoms with E-state index in [0.717, 1.165) is 9.99 Å². The Balaban J connectivity index is 2.69. The number of aromatic nitrogens is 3. The number of halogens is 1. The fourth-order valence-electron chi connectivity index (χ4n) is 2.04. The minimum Gasteiger partial charge on any atom is -0.467 e. The van der Waals surface area contributed by atoms with Gasteiger partial charge in [-0.05, 0) is 40.1 Å². The highest BCUT2D eigenvalue weighted by molar-refractivity contribution is 9.10. The first kappa shape index (κ1) is 14.2. The number of aromatic amines is 1. The maximum absolute atomic E-state index is 12.0. The number of ether oxygens (including phenoxy) is 1. The smallest absolute Gasteiger partial charge is 0.329 e. The summed E-state index contributed by atoms with van der Waals surface area (Å²) in [5.41, 5.74) is 1.44. The van der Waals surface area contributed by atoms with Gasteiger partial charge >= 0.3 is 5.97 Å². The van der Waals surface area contributed by atoms with Crippen molar-refractivity contribution >= 4 is 45.3 Å². The van der Waals surface area contributed by atoms with Crippen molar-refractivity contribution < 1.29 is 9.53 Å². The van der Waals surface area contributed by atoms with Gasteiger partial charge in [0.1, 0.15) is 6.04 Å². The molecule has 0 aliphatic rings. The Bertz CT molecular complexity index is 677. The molecule has 2 aromatic heterocycles. The van der Waals surface area contributed by atoms with Gasteiger partial charge in [-0.15, -0.1) is 0 Å². The molecule has 0 fully saturated rings. The van der Waals surface area contributed by atoms with Gasteiger partial charge in [-0.25, -0.2) is 9.78 Å². The van der Waals surface area contributed by atoms with Gasteiger partial charge < -0.3 is 9.72 Å². The summed E-state index contributed by atoms with van der Waals surface area (Å²) in [7, 11) is 1.38. The molecule has 2 aromatic rings. The highest BCUT2D eigenvalue weighted by Crippen LogP contribution is 2.25. The van der Waals surface area contributed by atoms with E-state index in [1.54, 1.807) is 10.8 Å². The minimum absolute atomic E-state index is 0.0450. The van der Waals surface area contributed by atoms with Gasteiger partial charge in [0, 0.05) is 10.7 Å².